The largest absolute Gasteiger partial charge is 0.292 e. The third-order valence-corrected chi connectivity index (χ3v) is 0.935. The molecular weight excluding hydrogens is 138 g/mol. The van der Waals surface area contributed by atoms with Crippen LogP contribution in [-0.2, 0) is 0 Å². The minimum Gasteiger partial charge on any atom is -0.292 e. The average molecular weight is 144 g/mol. The number of anilines is 1. The van der Waals surface area contributed by atoms with Crippen LogP contribution in [0.3, 0.4) is 0 Å². The lowest BCUT2D eigenvalue weighted by Gasteiger charge is -1.97. The Morgan fingerprint density at radius 3 is 2.89 bits per heavy atom. The first kappa shape index (κ1) is 6.32. The Morgan fingerprint density at radius 2 is 2.33 bits per heavy atom. The number of hydrogen-bond donors (Lipinski definition) is 2. The van der Waals surface area contributed by atoms with E-state index in [4.69, 9.17) is 11.8 Å². The van der Waals surface area contributed by atoms with Crippen LogP contribution in [0, 0.1) is 0 Å². The van der Waals surface area contributed by atoms with E-state index in [0.717, 1.165) is 0 Å². The third-order valence-electron chi connectivity index (χ3n) is 0.840. The Balaban J connectivity index is 2.61. The van der Waals surface area contributed by atoms with Gasteiger partial charge in [0.05, 0.1) is 0 Å². The highest BCUT2D eigenvalue weighted by atomic mass is 35.5. The molecule has 0 unspecified atom stereocenters. The first-order valence-electron chi connectivity index (χ1n) is 2.46. The predicted octanol–water partition coefficient (Wildman–Crippen LogP) is 1.15. The van der Waals surface area contributed by atoms with E-state index in [1.807, 2.05) is 12.1 Å². The average Bonchev–Trinajstić information content (AvgIpc) is 1.91. The number of aromatic nitrogens is 1. The van der Waals surface area contributed by atoms with Gasteiger partial charge in [-0.05, 0) is 23.9 Å². The monoisotopic (exact) mass is 143 g/mol. The summed E-state index contributed by atoms with van der Waals surface area (Å²) in [7, 11) is 0. The molecule has 0 fully saturated rings. The standard InChI is InChI=1S/C5H6ClN3/c6-9-8-5-3-1-2-4-7-5/h1-4,9H,(H,7,8). The number of halogens is 1. The molecule has 0 saturated heterocycles. The minimum atomic E-state index is 0.701. The first-order valence-corrected chi connectivity index (χ1v) is 2.84. The molecule has 0 bridgehead atoms. The SMILES string of the molecule is ClNNc1ccccn1. The van der Waals surface area contributed by atoms with Crippen molar-refractivity contribution >= 4 is 17.6 Å². The lowest BCUT2D eigenvalue weighted by atomic mass is 10.5. The van der Waals surface area contributed by atoms with E-state index >= 15 is 0 Å². The molecule has 1 aromatic heterocycles. The third kappa shape index (κ3) is 1.87. The summed E-state index contributed by atoms with van der Waals surface area (Å²) >= 11 is 5.13. The van der Waals surface area contributed by atoms with Crippen molar-refractivity contribution in [3.05, 3.63) is 24.4 Å². The fourth-order valence-electron chi connectivity index (χ4n) is 0.485. The zero-order chi connectivity index (χ0) is 6.53. The highest BCUT2D eigenvalue weighted by molar-refractivity contribution is 6.13. The summed E-state index contributed by atoms with van der Waals surface area (Å²) in [6.07, 6.45) is 1.68. The van der Waals surface area contributed by atoms with Gasteiger partial charge >= 0.3 is 0 Å². The quantitative estimate of drug-likeness (QED) is 0.482. The molecule has 0 atom stereocenters. The van der Waals surface area contributed by atoms with Gasteiger partial charge in [-0.2, -0.15) is 0 Å². The summed E-state index contributed by atoms with van der Waals surface area (Å²) in [4.78, 5) is 6.15. The van der Waals surface area contributed by atoms with Crippen molar-refractivity contribution in [1.29, 1.82) is 0 Å². The summed E-state index contributed by atoms with van der Waals surface area (Å²) < 4.78 is 0. The van der Waals surface area contributed by atoms with Crippen molar-refractivity contribution < 1.29 is 0 Å². The second-order valence-electron chi connectivity index (χ2n) is 1.43. The van der Waals surface area contributed by atoms with Crippen molar-refractivity contribution in [1.82, 2.24) is 9.93 Å². The summed E-state index contributed by atoms with van der Waals surface area (Å²) in [6, 6.07) is 5.50. The molecule has 0 aliphatic rings. The van der Waals surface area contributed by atoms with E-state index in [2.05, 4.69) is 15.4 Å². The van der Waals surface area contributed by atoms with E-state index in [-0.39, 0.29) is 0 Å². The van der Waals surface area contributed by atoms with Gasteiger partial charge in [0.25, 0.3) is 0 Å². The zero-order valence-corrected chi connectivity index (χ0v) is 5.39. The minimum absolute atomic E-state index is 0.701. The van der Waals surface area contributed by atoms with Gasteiger partial charge in [0.1, 0.15) is 5.82 Å². The Bertz CT molecular complexity index is 165. The number of rotatable bonds is 2. The van der Waals surface area contributed by atoms with Gasteiger partial charge in [-0.1, -0.05) is 6.07 Å². The van der Waals surface area contributed by atoms with Crippen LogP contribution in [-0.4, -0.2) is 4.98 Å². The smallest absolute Gasteiger partial charge is 0.141 e. The van der Waals surface area contributed by atoms with Crippen molar-refractivity contribution in [3.63, 3.8) is 0 Å². The van der Waals surface area contributed by atoms with Crippen molar-refractivity contribution in [2.24, 2.45) is 0 Å². The molecule has 0 amide bonds. The molecule has 48 valence electrons. The van der Waals surface area contributed by atoms with Crippen molar-refractivity contribution in [3.8, 4) is 0 Å². The summed E-state index contributed by atoms with van der Waals surface area (Å²) in [5.41, 5.74) is 2.61. The fraction of sp³-hybridized carbons (Fsp3) is 0. The Kier molecular flexibility index (Phi) is 2.30. The van der Waals surface area contributed by atoms with E-state index in [1.54, 1.807) is 12.3 Å². The maximum Gasteiger partial charge on any atom is 0.141 e. The number of nitrogens with zero attached hydrogens (tertiary/aromatic N) is 1. The molecule has 0 saturated carbocycles. The van der Waals surface area contributed by atoms with Crippen LogP contribution >= 0.6 is 11.8 Å². The number of hydrogen-bond acceptors (Lipinski definition) is 3. The van der Waals surface area contributed by atoms with Crippen LogP contribution in [0.5, 0.6) is 0 Å². The van der Waals surface area contributed by atoms with E-state index in [9.17, 15) is 0 Å². The van der Waals surface area contributed by atoms with Gasteiger partial charge in [0.15, 0.2) is 0 Å². The summed E-state index contributed by atoms with van der Waals surface area (Å²) in [5, 5.41) is 0. The lowest BCUT2D eigenvalue weighted by molar-refractivity contribution is 1.14. The maximum atomic E-state index is 5.13. The van der Waals surface area contributed by atoms with Crippen LogP contribution in [0.1, 0.15) is 0 Å². The Hall–Kier alpha value is -0.800. The van der Waals surface area contributed by atoms with Crippen LogP contribution < -0.4 is 10.4 Å². The molecule has 0 aliphatic carbocycles. The fourth-order valence-corrected chi connectivity index (χ4v) is 0.582. The van der Waals surface area contributed by atoms with Crippen LogP contribution in [0.15, 0.2) is 24.4 Å². The second-order valence-corrected chi connectivity index (χ2v) is 1.62. The molecule has 0 radical (unpaired) electrons. The first-order chi connectivity index (χ1) is 4.43. The zero-order valence-electron chi connectivity index (χ0n) is 4.63. The maximum absolute atomic E-state index is 5.13. The molecule has 0 aliphatic heterocycles. The normalized spacial score (nSPS) is 9.00. The predicted molar refractivity (Wildman–Crippen MR) is 36.8 cm³/mol. The van der Waals surface area contributed by atoms with E-state index < -0.39 is 0 Å². The second kappa shape index (κ2) is 3.27. The van der Waals surface area contributed by atoms with Gasteiger partial charge in [0, 0.05) is 6.20 Å². The molecule has 9 heavy (non-hydrogen) atoms. The topological polar surface area (TPSA) is 37.0 Å². The molecular formula is C5H6ClN3. The van der Waals surface area contributed by atoms with Crippen molar-refractivity contribution in [2.45, 2.75) is 0 Å². The highest BCUT2D eigenvalue weighted by Gasteiger charge is 1.83. The molecule has 0 spiro atoms. The number of pyridine rings is 1. The summed E-state index contributed by atoms with van der Waals surface area (Å²) in [6.45, 7) is 0. The number of nitrogens with one attached hydrogen (secondary N) is 2. The molecule has 1 rings (SSSR count). The van der Waals surface area contributed by atoms with Gasteiger partial charge in [-0.25, -0.2) is 4.98 Å². The van der Waals surface area contributed by atoms with Crippen molar-refractivity contribution in [2.75, 3.05) is 5.43 Å². The molecule has 0 aromatic carbocycles. The molecule has 4 heteroatoms. The van der Waals surface area contributed by atoms with Crippen LogP contribution in [0.2, 0.25) is 0 Å². The lowest BCUT2D eigenvalue weighted by Crippen LogP contribution is -2.09. The van der Waals surface area contributed by atoms with E-state index in [0.29, 0.717) is 5.82 Å². The molecule has 1 heterocycles. The molecule has 2 N–H and O–H groups in total. The Labute approximate surface area is 58.1 Å². The molecule has 3 nitrogen and oxygen atoms in total. The van der Waals surface area contributed by atoms with Crippen LogP contribution in [0.25, 0.3) is 0 Å². The van der Waals surface area contributed by atoms with Crippen LogP contribution in [0.4, 0.5) is 5.82 Å². The van der Waals surface area contributed by atoms with Gasteiger partial charge in [-0.15, -0.1) is 4.94 Å². The number of hydrazine groups is 1. The van der Waals surface area contributed by atoms with Gasteiger partial charge < -0.3 is 0 Å². The van der Waals surface area contributed by atoms with E-state index in [1.165, 1.54) is 0 Å². The summed E-state index contributed by atoms with van der Waals surface area (Å²) in [5.74, 6) is 0.701. The highest BCUT2D eigenvalue weighted by Crippen LogP contribution is 1.96. The molecule has 1 aromatic rings. The van der Waals surface area contributed by atoms with Gasteiger partial charge in [-0.3, -0.25) is 5.43 Å². The Morgan fingerprint density at radius 1 is 1.44 bits per heavy atom. The van der Waals surface area contributed by atoms with Gasteiger partial charge in [0.2, 0.25) is 0 Å².